The maximum Gasteiger partial charge on any atom is 0.127 e. The molecule has 2 unspecified atom stereocenters. The molecule has 1 aromatic carbocycles. The quantitative estimate of drug-likeness (QED) is 0.914. The Balaban J connectivity index is 1.77. The maximum absolute atomic E-state index is 9.64. The molecule has 0 radical (unpaired) electrons. The lowest BCUT2D eigenvalue weighted by molar-refractivity contribution is 0.130. The van der Waals surface area contributed by atoms with E-state index in [1.165, 1.54) is 24.0 Å². The Kier molecular flexibility index (Phi) is 4.34. The van der Waals surface area contributed by atoms with Gasteiger partial charge in [0.05, 0.1) is 12.7 Å². The van der Waals surface area contributed by atoms with Crippen molar-refractivity contribution in [3.05, 3.63) is 27.7 Å². The highest BCUT2D eigenvalue weighted by Gasteiger charge is 2.27. The van der Waals surface area contributed by atoms with Crippen LogP contribution >= 0.6 is 15.9 Å². The van der Waals surface area contributed by atoms with Gasteiger partial charge in [-0.25, -0.2) is 0 Å². The van der Waals surface area contributed by atoms with Gasteiger partial charge in [-0.15, -0.1) is 0 Å². The van der Waals surface area contributed by atoms with E-state index in [4.69, 9.17) is 4.74 Å². The highest BCUT2D eigenvalue weighted by molar-refractivity contribution is 9.10. The number of hydrogen-bond acceptors (Lipinski definition) is 3. The highest BCUT2D eigenvalue weighted by atomic mass is 79.9. The van der Waals surface area contributed by atoms with E-state index in [1.54, 1.807) is 0 Å². The number of aliphatic hydroxyl groups is 1. The molecule has 0 aliphatic carbocycles. The van der Waals surface area contributed by atoms with E-state index in [9.17, 15) is 5.11 Å². The molecule has 1 aromatic rings. The van der Waals surface area contributed by atoms with E-state index in [2.05, 4.69) is 33.0 Å². The van der Waals surface area contributed by atoms with Gasteiger partial charge in [-0.05, 0) is 50.4 Å². The summed E-state index contributed by atoms with van der Waals surface area (Å²) >= 11 is 3.61. The standard InChI is InChI=1S/C16H22BrNO2/c1-11(19)7-15-3-2-5-18(15)10-13-9-14(17)8-12-4-6-20-16(12)13/h8-9,11,15,19H,2-7,10H2,1H3. The third-order valence-electron chi connectivity index (χ3n) is 4.31. The summed E-state index contributed by atoms with van der Waals surface area (Å²) in [4.78, 5) is 2.50. The average Bonchev–Trinajstić information content (AvgIpc) is 2.98. The SMILES string of the molecule is CC(O)CC1CCCN1Cc1cc(Br)cc2c1OCC2. The van der Waals surface area contributed by atoms with E-state index >= 15 is 0 Å². The lowest BCUT2D eigenvalue weighted by atomic mass is 10.1. The molecule has 3 rings (SSSR count). The normalized spacial score (nSPS) is 23.6. The first kappa shape index (κ1) is 14.4. The third-order valence-corrected chi connectivity index (χ3v) is 4.77. The topological polar surface area (TPSA) is 32.7 Å². The molecule has 20 heavy (non-hydrogen) atoms. The molecule has 2 aliphatic rings. The summed E-state index contributed by atoms with van der Waals surface area (Å²) in [5, 5.41) is 9.64. The van der Waals surface area contributed by atoms with Crippen molar-refractivity contribution in [3.8, 4) is 5.75 Å². The van der Waals surface area contributed by atoms with Gasteiger partial charge < -0.3 is 9.84 Å². The van der Waals surface area contributed by atoms with Crippen molar-refractivity contribution in [1.29, 1.82) is 0 Å². The number of fused-ring (bicyclic) bond motifs is 1. The molecule has 0 amide bonds. The van der Waals surface area contributed by atoms with Crippen molar-refractivity contribution >= 4 is 15.9 Å². The van der Waals surface area contributed by atoms with Crippen LogP contribution in [0.3, 0.4) is 0 Å². The lowest BCUT2D eigenvalue weighted by Gasteiger charge is -2.26. The zero-order valence-corrected chi connectivity index (χ0v) is 13.5. The van der Waals surface area contributed by atoms with E-state index in [1.807, 2.05) is 6.92 Å². The molecule has 1 saturated heterocycles. The number of aliphatic hydroxyl groups excluding tert-OH is 1. The average molecular weight is 340 g/mol. The van der Waals surface area contributed by atoms with Gasteiger partial charge in [-0.1, -0.05) is 15.9 Å². The van der Waals surface area contributed by atoms with Crippen LogP contribution in [0, 0.1) is 0 Å². The second-order valence-electron chi connectivity index (χ2n) is 6.00. The molecule has 2 heterocycles. The van der Waals surface area contributed by atoms with E-state index < -0.39 is 0 Å². The van der Waals surface area contributed by atoms with Crippen LogP contribution in [-0.2, 0) is 13.0 Å². The first-order valence-electron chi connectivity index (χ1n) is 7.49. The molecule has 2 aliphatic heterocycles. The fourth-order valence-electron chi connectivity index (χ4n) is 3.45. The number of likely N-dealkylation sites (tertiary alicyclic amines) is 1. The maximum atomic E-state index is 9.64. The minimum absolute atomic E-state index is 0.218. The Bertz CT molecular complexity index is 490. The van der Waals surface area contributed by atoms with E-state index in [-0.39, 0.29) is 6.10 Å². The Hall–Kier alpha value is -0.580. The molecule has 0 bridgehead atoms. The molecule has 1 fully saturated rings. The second-order valence-corrected chi connectivity index (χ2v) is 6.92. The Labute approximate surface area is 129 Å². The molecule has 2 atom stereocenters. The van der Waals surface area contributed by atoms with Crippen LogP contribution < -0.4 is 4.74 Å². The molecular formula is C16H22BrNO2. The summed E-state index contributed by atoms with van der Waals surface area (Å²) < 4.78 is 6.96. The first-order valence-corrected chi connectivity index (χ1v) is 8.29. The van der Waals surface area contributed by atoms with Crippen molar-refractivity contribution in [2.24, 2.45) is 0 Å². The van der Waals surface area contributed by atoms with Crippen molar-refractivity contribution in [1.82, 2.24) is 4.90 Å². The highest BCUT2D eigenvalue weighted by Crippen LogP contribution is 2.35. The largest absolute Gasteiger partial charge is 0.493 e. The molecule has 110 valence electrons. The smallest absolute Gasteiger partial charge is 0.127 e. The summed E-state index contributed by atoms with van der Waals surface area (Å²) in [5.41, 5.74) is 2.60. The summed E-state index contributed by atoms with van der Waals surface area (Å²) in [6.07, 6.45) is 4.09. The van der Waals surface area contributed by atoms with Crippen molar-refractivity contribution in [2.45, 2.75) is 51.3 Å². The summed E-state index contributed by atoms with van der Waals surface area (Å²) in [5.74, 6) is 1.09. The molecule has 0 spiro atoms. The number of rotatable bonds is 4. The number of nitrogens with zero attached hydrogens (tertiary/aromatic N) is 1. The monoisotopic (exact) mass is 339 g/mol. The Morgan fingerprint density at radius 3 is 3.15 bits per heavy atom. The molecule has 3 nitrogen and oxygen atoms in total. The van der Waals surface area contributed by atoms with Gasteiger partial charge in [-0.2, -0.15) is 0 Å². The van der Waals surface area contributed by atoms with Gasteiger partial charge in [0, 0.05) is 29.0 Å². The van der Waals surface area contributed by atoms with Crippen LogP contribution in [0.25, 0.3) is 0 Å². The number of benzene rings is 1. The second kappa shape index (κ2) is 6.04. The van der Waals surface area contributed by atoms with Gasteiger partial charge in [0.2, 0.25) is 0 Å². The van der Waals surface area contributed by atoms with Gasteiger partial charge in [0.25, 0.3) is 0 Å². The fraction of sp³-hybridized carbons (Fsp3) is 0.625. The number of halogens is 1. The third kappa shape index (κ3) is 3.02. The zero-order valence-electron chi connectivity index (χ0n) is 11.9. The van der Waals surface area contributed by atoms with Gasteiger partial charge in [0.1, 0.15) is 5.75 Å². The zero-order chi connectivity index (χ0) is 14.1. The van der Waals surface area contributed by atoms with Gasteiger partial charge in [0.15, 0.2) is 0 Å². The predicted molar refractivity (Wildman–Crippen MR) is 83.1 cm³/mol. The van der Waals surface area contributed by atoms with Crippen molar-refractivity contribution in [3.63, 3.8) is 0 Å². The predicted octanol–water partition coefficient (Wildman–Crippen LogP) is 3.12. The first-order chi connectivity index (χ1) is 9.63. The van der Waals surface area contributed by atoms with Crippen LogP contribution in [0.2, 0.25) is 0 Å². The molecule has 0 aromatic heterocycles. The molecule has 4 heteroatoms. The van der Waals surface area contributed by atoms with Crippen LogP contribution in [0.4, 0.5) is 0 Å². The lowest BCUT2D eigenvalue weighted by Crippen LogP contribution is -2.31. The summed E-state index contributed by atoms with van der Waals surface area (Å²) in [7, 11) is 0. The van der Waals surface area contributed by atoms with Crippen LogP contribution in [-0.4, -0.2) is 35.3 Å². The van der Waals surface area contributed by atoms with E-state index in [0.29, 0.717) is 6.04 Å². The molecule has 0 saturated carbocycles. The van der Waals surface area contributed by atoms with Crippen LogP contribution in [0.1, 0.15) is 37.3 Å². The number of hydrogen-bond donors (Lipinski definition) is 1. The molecular weight excluding hydrogens is 318 g/mol. The summed E-state index contributed by atoms with van der Waals surface area (Å²) in [6.45, 7) is 4.74. The Morgan fingerprint density at radius 1 is 1.50 bits per heavy atom. The van der Waals surface area contributed by atoms with Gasteiger partial charge >= 0.3 is 0 Å². The molecule has 1 N–H and O–H groups in total. The minimum Gasteiger partial charge on any atom is -0.493 e. The van der Waals surface area contributed by atoms with Crippen molar-refractivity contribution in [2.75, 3.05) is 13.2 Å². The van der Waals surface area contributed by atoms with E-state index in [0.717, 1.165) is 42.8 Å². The number of ether oxygens (including phenoxy) is 1. The fourth-order valence-corrected chi connectivity index (χ4v) is 4.00. The summed E-state index contributed by atoms with van der Waals surface area (Å²) in [6, 6.07) is 4.86. The van der Waals surface area contributed by atoms with Gasteiger partial charge in [-0.3, -0.25) is 4.90 Å². The van der Waals surface area contributed by atoms with Crippen LogP contribution in [0.5, 0.6) is 5.75 Å². The minimum atomic E-state index is -0.218. The van der Waals surface area contributed by atoms with Crippen LogP contribution in [0.15, 0.2) is 16.6 Å². The van der Waals surface area contributed by atoms with Crippen molar-refractivity contribution < 1.29 is 9.84 Å². The Morgan fingerprint density at radius 2 is 2.35 bits per heavy atom.